The Hall–Kier alpha value is -1.02. The van der Waals surface area contributed by atoms with E-state index in [2.05, 4.69) is 55.3 Å². The topological polar surface area (TPSA) is 15.3 Å². The molecule has 1 N–H and O–H groups in total. The summed E-state index contributed by atoms with van der Waals surface area (Å²) in [5, 5.41) is 3.71. The first-order valence-electron chi connectivity index (χ1n) is 7.75. The monoisotopic (exact) mass is 258 g/mol. The highest BCUT2D eigenvalue weighted by Gasteiger charge is 2.38. The van der Waals surface area contributed by atoms with E-state index in [9.17, 15) is 0 Å². The molecule has 0 aromatic heterocycles. The summed E-state index contributed by atoms with van der Waals surface area (Å²) in [5.41, 5.74) is 2.70. The summed E-state index contributed by atoms with van der Waals surface area (Å²) < 4.78 is 0. The van der Waals surface area contributed by atoms with Gasteiger partial charge < -0.3 is 5.32 Å². The van der Waals surface area contributed by atoms with Crippen molar-refractivity contribution in [3.8, 4) is 0 Å². The first-order valence-corrected chi connectivity index (χ1v) is 7.75. The molecule has 2 unspecified atom stereocenters. The minimum atomic E-state index is 0.617. The summed E-state index contributed by atoms with van der Waals surface area (Å²) in [6, 6.07) is 11.2. The third-order valence-electron chi connectivity index (χ3n) is 4.59. The fourth-order valence-corrected chi connectivity index (χ4v) is 3.28. The van der Waals surface area contributed by atoms with Crippen LogP contribution in [0.2, 0.25) is 0 Å². The predicted octanol–water partition coefficient (Wildman–Crippen LogP) is 3.85. The third-order valence-corrected chi connectivity index (χ3v) is 4.59. The minimum Gasteiger partial charge on any atom is -0.381 e. The van der Waals surface area contributed by atoms with Gasteiger partial charge in [0.2, 0.25) is 0 Å². The average Bonchev–Trinajstić information content (AvgIpc) is 3.15. The number of hydrogen-bond donors (Lipinski definition) is 1. The molecule has 1 aromatic rings. The van der Waals surface area contributed by atoms with Crippen molar-refractivity contribution in [2.75, 3.05) is 11.9 Å². The van der Waals surface area contributed by atoms with Crippen LogP contribution in [0.5, 0.6) is 0 Å². The van der Waals surface area contributed by atoms with Crippen molar-refractivity contribution in [1.29, 1.82) is 0 Å². The Balaban J connectivity index is 1.59. The van der Waals surface area contributed by atoms with Gasteiger partial charge in [0.05, 0.1) is 0 Å². The van der Waals surface area contributed by atoms with Gasteiger partial charge in [-0.15, -0.1) is 0 Å². The summed E-state index contributed by atoms with van der Waals surface area (Å²) in [5.74, 6) is 0.617. The number of rotatable bonds is 4. The zero-order chi connectivity index (χ0) is 13.4. The minimum absolute atomic E-state index is 0.617. The average molecular weight is 258 g/mol. The largest absolute Gasteiger partial charge is 0.381 e. The quantitative estimate of drug-likeness (QED) is 0.882. The number of nitrogens with zero attached hydrogens (tertiary/aromatic N) is 1. The van der Waals surface area contributed by atoms with E-state index >= 15 is 0 Å². The Bertz CT molecular complexity index is 419. The molecule has 19 heavy (non-hydrogen) atoms. The van der Waals surface area contributed by atoms with Crippen molar-refractivity contribution in [3.63, 3.8) is 0 Å². The summed E-state index contributed by atoms with van der Waals surface area (Å²) in [4.78, 5) is 2.69. The van der Waals surface area contributed by atoms with Crippen LogP contribution in [-0.4, -0.2) is 29.6 Å². The van der Waals surface area contributed by atoms with Crippen molar-refractivity contribution >= 4 is 5.69 Å². The van der Waals surface area contributed by atoms with E-state index < -0.39 is 0 Å². The predicted molar refractivity (Wildman–Crippen MR) is 81.7 cm³/mol. The van der Waals surface area contributed by atoms with Gasteiger partial charge in [-0.1, -0.05) is 26.0 Å². The lowest BCUT2D eigenvalue weighted by Crippen LogP contribution is -2.30. The Kier molecular flexibility index (Phi) is 3.53. The molecule has 2 atom stereocenters. The Morgan fingerprint density at radius 2 is 1.84 bits per heavy atom. The van der Waals surface area contributed by atoms with Crippen LogP contribution in [0.3, 0.4) is 0 Å². The van der Waals surface area contributed by atoms with E-state index in [0.29, 0.717) is 12.0 Å². The number of nitrogens with one attached hydrogen (secondary N) is 1. The van der Waals surface area contributed by atoms with E-state index in [-0.39, 0.29) is 0 Å². The molecule has 0 spiro atoms. The highest BCUT2D eigenvalue weighted by Crippen LogP contribution is 2.34. The van der Waals surface area contributed by atoms with Gasteiger partial charge in [-0.2, -0.15) is 0 Å². The molecule has 1 aromatic carbocycles. The van der Waals surface area contributed by atoms with Crippen LogP contribution < -0.4 is 5.32 Å². The van der Waals surface area contributed by atoms with E-state index in [4.69, 9.17) is 0 Å². The lowest BCUT2D eigenvalue weighted by molar-refractivity contribution is 0.257. The van der Waals surface area contributed by atoms with Gasteiger partial charge in [-0.05, 0) is 49.8 Å². The highest BCUT2D eigenvalue weighted by molar-refractivity contribution is 5.46. The second-order valence-electron chi connectivity index (χ2n) is 6.63. The first kappa shape index (κ1) is 13.0. The van der Waals surface area contributed by atoms with Gasteiger partial charge in [0, 0.05) is 30.4 Å². The van der Waals surface area contributed by atoms with Crippen molar-refractivity contribution in [2.24, 2.45) is 0 Å². The van der Waals surface area contributed by atoms with Crippen LogP contribution in [0, 0.1) is 0 Å². The molecule has 2 fully saturated rings. The van der Waals surface area contributed by atoms with Gasteiger partial charge in [0.15, 0.2) is 0 Å². The first-order chi connectivity index (χ1) is 9.13. The summed E-state index contributed by atoms with van der Waals surface area (Å²) in [6.07, 6.45) is 4.11. The lowest BCUT2D eigenvalue weighted by Gasteiger charge is -2.20. The van der Waals surface area contributed by atoms with Crippen LogP contribution in [0.25, 0.3) is 0 Å². The fourth-order valence-electron chi connectivity index (χ4n) is 3.28. The van der Waals surface area contributed by atoms with Crippen molar-refractivity contribution < 1.29 is 0 Å². The van der Waals surface area contributed by atoms with Crippen LogP contribution in [0.1, 0.15) is 51.5 Å². The maximum Gasteiger partial charge on any atom is 0.0403 e. The fraction of sp³-hybridized carbons (Fsp3) is 0.647. The maximum absolute atomic E-state index is 3.71. The molecule has 1 saturated carbocycles. The normalized spacial score (nSPS) is 28.0. The molecule has 1 aliphatic carbocycles. The second kappa shape index (κ2) is 5.16. The molecule has 0 amide bonds. The molecule has 104 valence electrons. The van der Waals surface area contributed by atoms with Crippen molar-refractivity contribution in [1.82, 2.24) is 4.90 Å². The molecule has 1 heterocycles. The van der Waals surface area contributed by atoms with Gasteiger partial charge >= 0.3 is 0 Å². The molecular weight excluding hydrogens is 232 g/mol. The summed E-state index contributed by atoms with van der Waals surface area (Å²) >= 11 is 0. The number of benzene rings is 1. The molecule has 0 radical (unpaired) electrons. The molecular formula is C17H26N2. The summed E-state index contributed by atoms with van der Waals surface area (Å²) in [6.45, 7) is 8.09. The highest BCUT2D eigenvalue weighted by atomic mass is 15.3. The van der Waals surface area contributed by atoms with Gasteiger partial charge in [-0.3, -0.25) is 4.90 Å². The standard InChI is InChI=1S/C17H26N2/c1-12(2)14-4-6-15(7-5-14)18-16-10-13(3)19(11-16)17-8-9-17/h4-7,12-13,16-18H,8-11H2,1-3H3. The number of anilines is 1. The Labute approximate surface area is 117 Å². The van der Waals surface area contributed by atoms with Gasteiger partial charge in [-0.25, -0.2) is 0 Å². The zero-order valence-corrected chi connectivity index (χ0v) is 12.4. The van der Waals surface area contributed by atoms with Crippen molar-refractivity contribution in [3.05, 3.63) is 29.8 Å². The maximum atomic E-state index is 3.71. The van der Waals surface area contributed by atoms with Gasteiger partial charge in [0.25, 0.3) is 0 Å². The molecule has 1 saturated heterocycles. The lowest BCUT2D eigenvalue weighted by atomic mass is 10.0. The van der Waals surface area contributed by atoms with E-state index in [1.165, 1.54) is 37.1 Å². The zero-order valence-electron chi connectivity index (χ0n) is 12.4. The van der Waals surface area contributed by atoms with E-state index in [1.54, 1.807) is 0 Å². The van der Waals surface area contributed by atoms with Crippen LogP contribution in [-0.2, 0) is 0 Å². The SMILES string of the molecule is CC(C)c1ccc(NC2CC(C)N(C3CC3)C2)cc1. The van der Waals surface area contributed by atoms with Crippen LogP contribution in [0.4, 0.5) is 5.69 Å². The molecule has 1 aliphatic heterocycles. The Morgan fingerprint density at radius 1 is 1.16 bits per heavy atom. The summed E-state index contributed by atoms with van der Waals surface area (Å²) in [7, 11) is 0. The molecule has 2 heteroatoms. The Morgan fingerprint density at radius 3 is 2.42 bits per heavy atom. The number of hydrogen-bond acceptors (Lipinski definition) is 2. The second-order valence-corrected chi connectivity index (χ2v) is 6.63. The van der Waals surface area contributed by atoms with Crippen LogP contribution >= 0.6 is 0 Å². The van der Waals surface area contributed by atoms with E-state index in [1.807, 2.05) is 0 Å². The van der Waals surface area contributed by atoms with Gasteiger partial charge in [0.1, 0.15) is 0 Å². The number of likely N-dealkylation sites (tertiary alicyclic amines) is 1. The molecule has 2 aliphatic rings. The molecule has 0 bridgehead atoms. The van der Waals surface area contributed by atoms with Crippen LogP contribution in [0.15, 0.2) is 24.3 Å². The van der Waals surface area contributed by atoms with Crippen molar-refractivity contribution in [2.45, 2.75) is 64.1 Å². The van der Waals surface area contributed by atoms with E-state index in [0.717, 1.165) is 12.1 Å². The smallest absolute Gasteiger partial charge is 0.0403 e. The third kappa shape index (κ3) is 2.94. The molecule has 3 rings (SSSR count). The molecule has 2 nitrogen and oxygen atoms in total.